The number of nitrogens with zero attached hydrogens (tertiary/aromatic N) is 1. The number of para-hydroxylation sites is 2. The SMILES string of the molecule is CC1(C)CO[C@H](Cn2c3ccccc3c3ccccc32)O1. The highest BCUT2D eigenvalue weighted by atomic mass is 16.7. The molecule has 21 heavy (non-hydrogen) atoms. The molecule has 3 heteroatoms. The molecule has 0 aliphatic carbocycles. The van der Waals surface area contributed by atoms with Crippen molar-refractivity contribution in [2.24, 2.45) is 0 Å². The molecule has 0 saturated carbocycles. The molecule has 3 aromatic rings. The maximum atomic E-state index is 5.98. The second-order valence-corrected chi connectivity index (χ2v) is 6.26. The van der Waals surface area contributed by atoms with Gasteiger partial charge in [-0.3, -0.25) is 0 Å². The molecule has 1 fully saturated rings. The van der Waals surface area contributed by atoms with Crippen LogP contribution in [0.25, 0.3) is 21.8 Å². The third kappa shape index (κ3) is 2.13. The van der Waals surface area contributed by atoms with E-state index < -0.39 is 0 Å². The van der Waals surface area contributed by atoms with Crippen LogP contribution in [-0.4, -0.2) is 23.1 Å². The summed E-state index contributed by atoms with van der Waals surface area (Å²) in [4.78, 5) is 0. The quantitative estimate of drug-likeness (QED) is 0.710. The molecule has 4 rings (SSSR count). The predicted molar refractivity (Wildman–Crippen MR) is 84.3 cm³/mol. The second kappa shape index (κ2) is 4.58. The molecule has 0 bridgehead atoms. The predicted octanol–water partition coefficient (Wildman–Crippen LogP) is 3.95. The van der Waals surface area contributed by atoms with Crippen molar-refractivity contribution < 1.29 is 9.47 Å². The largest absolute Gasteiger partial charge is 0.348 e. The maximum absolute atomic E-state index is 5.98. The van der Waals surface area contributed by atoms with Crippen molar-refractivity contribution in [2.45, 2.75) is 32.3 Å². The van der Waals surface area contributed by atoms with Crippen molar-refractivity contribution in [1.82, 2.24) is 4.57 Å². The summed E-state index contributed by atoms with van der Waals surface area (Å²) in [5.74, 6) is 0. The Kier molecular flexibility index (Phi) is 2.81. The molecular weight excluding hydrogens is 262 g/mol. The summed E-state index contributed by atoms with van der Waals surface area (Å²) < 4.78 is 14.1. The fourth-order valence-electron chi connectivity index (χ4n) is 3.16. The standard InChI is InChI=1S/C18H19NO2/c1-18(2)12-20-17(21-18)11-19-15-9-5-3-7-13(15)14-8-4-6-10-16(14)19/h3-10,17H,11-12H2,1-2H3/t17-/m0/s1. The van der Waals surface area contributed by atoms with Gasteiger partial charge in [-0.2, -0.15) is 0 Å². The molecule has 1 aliphatic rings. The molecule has 0 N–H and O–H groups in total. The molecule has 0 unspecified atom stereocenters. The van der Waals surface area contributed by atoms with E-state index in [-0.39, 0.29) is 11.9 Å². The average molecular weight is 281 g/mol. The van der Waals surface area contributed by atoms with E-state index in [4.69, 9.17) is 9.47 Å². The second-order valence-electron chi connectivity index (χ2n) is 6.26. The molecule has 108 valence electrons. The minimum Gasteiger partial charge on any atom is -0.348 e. The van der Waals surface area contributed by atoms with E-state index in [0.717, 1.165) is 6.54 Å². The van der Waals surface area contributed by atoms with Crippen LogP contribution in [0.2, 0.25) is 0 Å². The van der Waals surface area contributed by atoms with E-state index in [0.29, 0.717) is 6.61 Å². The maximum Gasteiger partial charge on any atom is 0.176 e. The summed E-state index contributed by atoms with van der Waals surface area (Å²) in [7, 11) is 0. The van der Waals surface area contributed by atoms with Crippen LogP contribution in [-0.2, 0) is 16.0 Å². The summed E-state index contributed by atoms with van der Waals surface area (Å²) in [6, 6.07) is 17.0. The molecule has 1 atom stereocenters. The molecule has 1 saturated heterocycles. The zero-order valence-electron chi connectivity index (χ0n) is 12.4. The topological polar surface area (TPSA) is 23.4 Å². The van der Waals surface area contributed by atoms with Crippen LogP contribution in [0.5, 0.6) is 0 Å². The molecule has 0 spiro atoms. The zero-order valence-corrected chi connectivity index (χ0v) is 12.4. The number of benzene rings is 2. The van der Waals surface area contributed by atoms with Gasteiger partial charge < -0.3 is 14.0 Å². The van der Waals surface area contributed by atoms with Gasteiger partial charge in [0, 0.05) is 21.8 Å². The number of aromatic nitrogens is 1. The molecule has 0 amide bonds. The van der Waals surface area contributed by atoms with E-state index in [9.17, 15) is 0 Å². The Morgan fingerprint density at radius 3 is 2.10 bits per heavy atom. The summed E-state index contributed by atoms with van der Waals surface area (Å²) in [6.45, 7) is 5.50. The van der Waals surface area contributed by atoms with E-state index in [1.807, 2.05) is 0 Å². The van der Waals surface area contributed by atoms with E-state index in [2.05, 4.69) is 66.9 Å². The van der Waals surface area contributed by atoms with Gasteiger partial charge in [-0.1, -0.05) is 36.4 Å². The molecule has 2 heterocycles. The first-order valence-electron chi connectivity index (χ1n) is 7.39. The van der Waals surface area contributed by atoms with Crippen LogP contribution in [0.3, 0.4) is 0 Å². The fraction of sp³-hybridized carbons (Fsp3) is 0.333. The van der Waals surface area contributed by atoms with Gasteiger partial charge in [0.2, 0.25) is 0 Å². The summed E-state index contributed by atoms with van der Waals surface area (Å²) in [6.07, 6.45) is -0.181. The lowest BCUT2D eigenvalue weighted by molar-refractivity contribution is -0.0857. The Morgan fingerprint density at radius 2 is 1.57 bits per heavy atom. The Morgan fingerprint density at radius 1 is 1.00 bits per heavy atom. The van der Waals surface area contributed by atoms with Gasteiger partial charge >= 0.3 is 0 Å². The number of rotatable bonds is 2. The number of hydrogen-bond donors (Lipinski definition) is 0. The van der Waals surface area contributed by atoms with Gasteiger partial charge in [-0.05, 0) is 26.0 Å². The van der Waals surface area contributed by atoms with E-state index in [1.165, 1.54) is 21.8 Å². The summed E-state index contributed by atoms with van der Waals surface area (Å²) >= 11 is 0. The molecule has 3 nitrogen and oxygen atoms in total. The molecule has 2 aromatic carbocycles. The van der Waals surface area contributed by atoms with Gasteiger partial charge in [-0.25, -0.2) is 0 Å². The molecular formula is C18H19NO2. The van der Waals surface area contributed by atoms with Crippen LogP contribution in [0.15, 0.2) is 48.5 Å². The van der Waals surface area contributed by atoms with Crippen LogP contribution >= 0.6 is 0 Å². The van der Waals surface area contributed by atoms with Gasteiger partial charge in [-0.15, -0.1) is 0 Å². The average Bonchev–Trinajstić information content (AvgIpc) is 2.99. The van der Waals surface area contributed by atoms with Gasteiger partial charge in [0.1, 0.15) is 0 Å². The van der Waals surface area contributed by atoms with E-state index in [1.54, 1.807) is 0 Å². The van der Waals surface area contributed by atoms with Crippen molar-refractivity contribution in [3.63, 3.8) is 0 Å². The van der Waals surface area contributed by atoms with Crippen molar-refractivity contribution in [2.75, 3.05) is 6.61 Å². The zero-order chi connectivity index (χ0) is 14.4. The first kappa shape index (κ1) is 12.9. The van der Waals surface area contributed by atoms with Gasteiger partial charge in [0.05, 0.1) is 18.8 Å². The minimum absolute atomic E-state index is 0.181. The Balaban J connectivity index is 1.83. The number of hydrogen-bond acceptors (Lipinski definition) is 2. The lowest BCUT2D eigenvalue weighted by atomic mass is 10.2. The highest BCUT2D eigenvalue weighted by Crippen LogP contribution is 2.31. The summed E-state index contributed by atoms with van der Waals surface area (Å²) in [5, 5.41) is 2.57. The molecule has 1 aliphatic heterocycles. The highest BCUT2D eigenvalue weighted by molar-refractivity contribution is 6.07. The van der Waals surface area contributed by atoms with Crippen molar-refractivity contribution in [3.8, 4) is 0 Å². The first-order valence-corrected chi connectivity index (χ1v) is 7.39. The first-order chi connectivity index (χ1) is 10.1. The lowest BCUT2D eigenvalue weighted by Crippen LogP contribution is -2.24. The van der Waals surface area contributed by atoms with E-state index >= 15 is 0 Å². The highest BCUT2D eigenvalue weighted by Gasteiger charge is 2.33. The minimum atomic E-state index is -0.191. The molecule has 1 aromatic heterocycles. The van der Waals surface area contributed by atoms with Crippen molar-refractivity contribution in [1.29, 1.82) is 0 Å². The Hall–Kier alpha value is -1.84. The number of fused-ring (bicyclic) bond motifs is 3. The van der Waals surface area contributed by atoms with Crippen molar-refractivity contribution >= 4 is 21.8 Å². The van der Waals surface area contributed by atoms with Crippen molar-refractivity contribution in [3.05, 3.63) is 48.5 Å². The Bertz CT molecular complexity index is 750. The smallest absolute Gasteiger partial charge is 0.176 e. The monoisotopic (exact) mass is 281 g/mol. The normalized spacial score (nSPS) is 21.3. The molecule has 0 radical (unpaired) electrons. The summed E-state index contributed by atoms with van der Waals surface area (Å²) in [5.41, 5.74) is 2.27. The van der Waals surface area contributed by atoms with Crippen LogP contribution in [0, 0.1) is 0 Å². The lowest BCUT2D eigenvalue weighted by Gasteiger charge is -2.17. The van der Waals surface area contributed by atoms with Gasteiger partial charge in [0.15, 0.2) is 6.29 Å². The number of ether oxygens (including phenoxy) is 2. The third-order valence-electron chi connectivity index (χ3n) is 4.08. The van der Waals surface area contributed by atoms with Crippen LogP contribution in [0.1, 0.15) is 13.8 Å². The van der Waals surface area contributed by atoms with Crippen LogP contribution in [0.4, 0.5) is 0 Å². The third-order valence-corrected chi connectivity index (χ3v) is 4.08. The Labute approximate surface area is 124 Å². The fourth-order valence-corrected chi connectivity index (χ4v) is 3.16. The van der Waals surface area contributed by atoms with Crippen LogP contribution < -0.4 is 0 Å². The van der Waals surface area contributed by atoms with Gasteiger partial charge in [0.25, 0.3) is 0 Å².